The summed E-state index contributed by atoms with van der Waals surface area (Å²) in [5.41, 5.74) is 3.81. The number of thiophene rings is 1. The lowest BCUT2D eigenvalue weighted by Gasteiger charge is -2.06. The molecule has 0 unspecified atom stereocenters. The van der Waals surface area contributed by atoms with Gasteiger partial charge in [-0.15, -0.1) is 11.3 Å². The number of aryl methyl sites for hydroxylation is 1. The fourth-order valence-electron chi connectivity index (χ4n) is 2.30. The molecule has 0 radical (unpaired) electrons. The van der Waals surface area contributed by atoms with Gasteiger partial charge in [-0.25, -0.2) is 4.98 Å². The van der Waals surface area contributed by atoms with Crippen molar-refractivity contribution in [1.82, 2.24) is 9.55 Å². The number of hydrogen-bond acceptors (Lipinski definition) is 3. The van der Waals surface area contributed by atoms with E-state index in [-0.39, 0.29) is 0 Å². The first kappa shape index (κ1) is 13.6. The van der Waals surface area contributed by atoms with Gasteiger partial charge >= 0.3 is 0 Å². The molecule has 0 saturated heterocycles. The zero-order valence-electron chi connectivity index (χ0n) is 10.9. The number of imidazole rings is 1. The van der Waals surface area contributed by atoms with Gasteiger partial charge in [0, 0.05) is 17.5 Å². The number of nitriles is 1. The van der Waals surface area contributed by atoms with E-state index in [0.29, 0.717) is 5.56 Å². The Kier molecular flexibility index (Phi) is 3.76. The Hall–Kier alpha value is -1.39. The predicted molar refractivity (Wildman–Crippen MR) is 90.8 cm³/mol. The molecule has 0 spiro atoms. The Balaban J connectivity index is 2.25. The van der Waals surface area contributed by atoms with Crippen LogP contribution in [0.25, 0.3) is 22.4 Å². The first-order valence-electron chi connectivity index (χ1n) is 6.37. The summed E-state index contributed by atoms with van der Waals surface area (Å²) in [5.74, 6) is 0.996. The van der Waals surface area contributed by atoms with Crippen LogP contribution in [0, 0.1) is 14.2 Å². The van der Waals surface area contributed by atoms with Crippen LogP contribution in [-0.2, 0) is 6.54 Å². The number of fused-ring (bicyclic) bond motifs is 1. The minimum absolute atomic E-state index is 0.657. The molecule has 3 nitrogen and oxygen atoms in total. The van der Waals surface area contributed by atoms with Crippen LogP contribution < -0.4 is 0 Å². The van der Waals surface area contributed by atoms with Gasteiger partial charge in [-0.2, -0.15) is 5.26 Å². The van der Waals surface area contributed by atoms with Gasteiger partial charge in [0.05, 0.1) is 25.5 Å². The van der Waals surface area contributed by atoms with E-state index in [1.165, 1.54) is 2.88 Å². The molecule has 100 valence electrons. The summed E-state index contributed by atoms with van der Waals surface area (Å²) < 4.78 is 3.50. The van der Waals surface area contributed by atoms with E-state index in [0.717, 1.165) is 35.4 Å². The molecule has 0 atom stereocenters. The second-order valence-electron chi connectivity index (χ2n) is 4.54. The molecule has 2 heterocycles. The van der Waals surface area contributed by atoms with E-state index in [4.69, 9.17) is 10.2 Å². The highest BCUT2D eigenvalue weighted by Gasteiger charge is 2.13. The van der Waals surface area contributed by atoms with Crippen molar-refractivity contribution in [1.29, 1.82) is 5.26 Å². The summed E-state index contributed by atoms with van der Waals surface area (Å²) in [6, 6.07) is 10.1. The SMILES string of the molecule is CCCn1c(-c2csc(I)c2)nc2cc(C#N)ccc21. The van der Waals surface area contributed by atoms with Crippen LogP contribution in [0.2, 0.25) is 0 Å². The Morgan fingerprint density at radius 1 is 1.40 bits per heavy atom. The van der Waals surface area contributed by atoms with Crippen LogP contribution in [0.4, 0.5) is 0 Å². The smallest absolute Gasteiger partial charge is 0.142 e. The zero-order valence-corrected chi connectivity index (χ0v) is 13.9. The highest BCUT2D eigenvalue weighted by Crippen LogP contribution is 2.29. The van der Waals surface area contributed by atoms with Crippen LogP contribution in [0.15, 0.2) is 29.6 Å². The van der Waals surface area contributed by atoms with Crippen molar-refractivity contribution in [2.45, 2.75) is 19.9 Å². The lowest BCUT2D eigenvalue weighted by atomic mass is 10.2. The number of aromatic nitrogens is 2. The van der Waals surface area contributed by atoms with E-state index in [9.17, 15) is 0 Å². The first-order chi connectivity index (χ1) is 9.72. The van der Waals surface area contributed by atoms with Gasteiger partial charge in [0.15, 0.2) is 0 Å². The van der Waals surface area contributed by atoms with E-state index in [2.05, 4.69) is 51.6 Å². The number of rotatable bonds is 3. The summed E-state index contributed by atoms with van der Waals surface area (Å²) >= 11 is 4.05. The van der Waals surface area contributed by atoms with Crippen LogP contribution in [0.5, 0.6) is 0 Å². The molecule has 0 aliphatic heterocycles. The molecule has 0 fully saturated rings. The predicted octanol–water partition coefficient (Wildman–Crippen LogP) is 4.65. The maximum Gasteiger partial charge on any atom is 0.142 e. The normalized spacial score (nSPS) is 10.8. The monoisotopic (exact) mass is 393 g/mol. The maximum absolute atomic E-state index is 9.01. The van der Waals surface area contributed by atoms with Gasteiger partial charge in [-0.1, -0.05) is 6.92 Å². The second-order valence-corrected chi connectivity index (χ2v) is 7.35. The summed E-state index contributed by atoms with van der Waals surface area (Å²) in [5, 5.41) is 11.2. The molecule has 5 heteroatoms. The zero-order chi connectivity index (χ0) is 14.1. The van der Waals surface area contributed by atoms with Crippen molar-refractivity contribution >= 4 is 45.0 Å². The topological polar surface area (TPSA) is 41.6 Å². The van der Waals surface area contributed by atoms with E-state index in [1.807, 2.05) is 18.2 Å². The molecule has 0 amide bonds. The summed E-state index contributed by atoms with van der Waals surface area (Å²) in [6.07, 6.45) is 1.06. The highest BCUT2D eigenvalue weighted by molar-refractivity contribution is 14.1. The summed E-state index contributed by atoms with van der Waals surface area (Å²) in [4.78, 5) is 4.74. The fraction of sp³-hybridized carbons (Fsp3) is 0.200. The minimum Gasteiger partial charge on any atom is -0.324 e. The third kappa shape index (κ3) is 2.34. The van der Waals surface area contributed by atoms with Crippen LogP contribution in [0.3, 0.4) is 0 Å². The van der Waals surface area contributed by atoms with Crippen molar-refractivity contribution in [3.63, 3.8) is 0 Å². The Labute approximate surface area is 135 Å². The first-order valence-corrected chi connectivity index (χ1v) is 8.33. The van der Waals surface area contributed by atoms with Crippen molar-refractivity contribution in [2.24, 2.45) is 0 Å². The lowest BCUT2D eigenvalue weighted by Crippen LogP contribution is -1.99. The van der Waals surface area contributed by atoms with Gasteiger partial charge in [0.1, 0.15) is 5.82 Å². The molecule has 0 bridgehead atoms. The van der Waals surface area contributed by atoms with E-state index < -0.39 is 0 Å². The van der Waals surface area contributed by atoms with Crippen LogP contribution >= 0.6 is 33.9 Å². The molecular weight excluding hydrogens is 381 g/mol. The van der Waals surface area contributed by atoms with Gasteiger partial charge in [0.2, 0.25) is 0 Å². The fourth-order valence-corrected chi connectivity index (χ4v) is 3.62. The summed E-state index contributed by atoms with van der Waals surface area (Å²) in [7, 11) is 0. The number of nitrogens with zero attached hydrogens (tertiary/aromatic N) is 3. The average Bonchev–Trinajstić information content (AvgIpc) is 3.03. The molecule has 20 heavy (non-hydrogen) atoms. The van der Waals surface area contributed by atoms with Crippen molar-refractivity contribution in [3.05, 3.63) is 38.1 Å². The van der Waals surface area contributed by atoms with Crippen molar-refractivity contribution in [3.8, 4) is 17.5 Å². The Bertz CT molecular complexity index is 810. The number of hydrogen-bond donors (Lipinski definition) is 0. The maximum atomic E-state index is 9.01. The molecule has 0 N–H and O–H groups in total. The Morgan fingerprint density at radius 2 is 2.25 bits per heavy atom. The largest absolute Gasteiger partial charge is 0.324 e. The van der Waals surface area contributed by atoms with Gasteiger partial charge in [-0.05, 0) is 53.3 Å². The van der Waals surface area contributed by atoms with E-state index >= 15 is 0 Å². The standard InChI is InChI=1S/C15H12IN3S/c1-2-5-19-13-4-3-10(8-17)6-12(13)18-15(19)11-7-14(16)20-9-11/h3-4,6-7,9H,2,5H2,1H3. The Morgan fingerprint density at radius 3 is 2.90 bits per heavy atom. The molecule has 1 aromatic carbocycles. The van der Waals surface area contributed by atoms with E-state index in [1.54, 1.807) is 11.3 Å². The lowest BCUT2D eigenvalue weighted by molar-refractivity contribution is 0.704. The van der Waals surface area contributed by atoms with Crippen LogP contribution in [-0.4, -0.2) is 9.55 Å². The van der Waals surface area contributed by atoms with Crippen molar-refractivity contribution < 1.29 is 0 Å². The highest BCUT2D eigenvalue weighted by atomic mass is 127. The molecule has 3 aromatic rings. The van der Waals surface area contributed by atoms with Crippen LogP contribution in [0.1, 0.15) is 18.9 Å². The average molecular weight is 393 g/mol. The number of halogens is 1. The van der Waals surface area contributed by atoms with Gasteiger partial charge in [0.25, 0.3) is 0 Å². The second kappa shape index (κ2) is 5.54. The molecule has 0 aliphatic rings. The van der Waals surface area contributed by atoms with Gasteiger partial charge < -0.3 is 4.57 Å². The molecule has 3 rings (SSSR count). The number of benzene rings is 1. The summed E-state index contributed by atoms with van der Waals surface area (Å²) in [6.45, 7) is 3.10. The molecule has 0 aliphatic carbocycles. The third-order valence-electron chi connectivity index (χ3n) is 3.15. The molecule has 0 saturated carbocycles. The van der Waals surface area contributed by atoms with Crippen molar-refractivity contribution in [2.75, 3.05) is 0 Å². The quantitative estimate of drug-likeness (QED) is 0.608. The minimum atomic E-state index is 0.657. The third-order valence-corrected chi connectivity index (χ3v) is 4.94. The molecule has 2 aromatic heterocycles. The van der Waals surface area contributed by atoms with Gasteiger partial charge in [-0.3, -0.25) is 0 Å². The molecular formula is C15H12IN3S.